The molecule has 1 heterocycles. The molecule has 5 nitrogen and oxygen atoms in total. The van der Waals surface area contributed by atoms with Gasteiger partial charge in [0.05, 0.1) is 16.6 Å². The number of halogens is 1. The van der Waals surface area contributed by atoms with Gasteiger partial charge in [-0.1, -0.05) is 30.2 Å². The van der Waals surface area contributed by atoms with Crippen LogP contribution in [0.3, 0.4) is 0 Å². The van der Waals surface area contributed by atoms with E-state index < -0.39 is 6.04 Å². The molecule has 124 valence electrons. The van der Waals surface area contributed by atoms with Gasteiger partial charge in [0.2, 0.25) is 11.8 Å². The minimum Gasteiger partial charge on any atom is -0.344 e. The van der Waals surface area contributed by atoms with Gasteiger partial charge in [-0.25, -0.2) is 0 Å². The lowest BCUT2D eigenvalue weighted by Crippen LogP contribution is -2.54. The highest BCUT2D eigenvalue weighted by atomic mass is 35.5. The first-order chi connectivity index (χ1) is 11.1. The molecule has 0 aromatic heterocycles. The summed E-state index contributed by atoms with van der Waals surface area (Å²) in [5, 5.41) is 3.45. The number of anilines is 1. The standard InChI is InChI=1S/C17H22ClN3O2/c18-12-6-1-2-9-15(12)21-10-4-8-14(17(21)23)20-16(22)11-5-3-7-13(11)19/h1-2,6,9,11,13-14H,3-5,7-8,10,19H2,(H,20,22)/t11-,13+,14-/m0/s1. The van der Waals surface area contributed by atoms with E-state index in [2.05, 4.69) is 5.32 Å². The van der Waals surface area contributed by atoms with Crippen molar-refractivity contribution < 1.29 is 9.59 Å². The zero-order valence-corrected chi connectivity index (χ0v) is 13.8. The molecule has 1 saturated carbocycles. The number of carbonyl (C=O) groups excluding carboxylic acids is 2. The summed E-state index contributed by atoms with van der Waals surface area (Å²) in [4.78, 5) is 26.8. The maximum absolute atomic E-state index is 12.7. The van der Waals surface area contributed by atoms with Crippen LogP contribution in [-0.4, -0.2) is 30.4 Å². The number of rotatable bonds is 3. The third-order valence-electron chi connectivity index (χ3n) is 4.80. The number of para-hydroxylation sites is 1. The van der Waals surface area contributed by atoms with Crippen LogP contribution in [0.15, 0.2) is 24.3 Å². The number of hydrogen-bond donors (Lipinski definition) is 2. The number of piperidine rings is 1. The van der Waals surface area contributed by atoms with Crippen LogP contribution < -0.4 is 16.0 Å². The maximum Gasteiger partial charge on any atom is 0.249 e. The first-order valence-corrected chi connectivity index (χ1v) is 8.57. The van der Waals surface area contributed by atoms with Gasteiger partial charge in [0.1, 0.15) is 6.04 Å². The first-order valence-electron chi connectivity index (χ1n) is 8.20. The summed E-state index contributed by atoms with van der Waals surface area (Å²) in [5.74, 6) is -0.350. The average Bonchev–Trinajstić information content (AvgIpc) is 2.96. The van der Waals surface area contributed by atoms with Crippen LogP contribution in [-0.2, 0) is 9.59 Å². The van der Waals surface area contributed by atoms with Gasteiger partial charge in [-0.15, -0.1) is 0 Å². The minimum absolute atomic E-state index is 0.0886. The number of nitrogens with zero attached hydrogens (tertiary/aromatic N) is 1. The van der Waals surface area contributed by atoms with E-state index in [-0.39, 0.29) is 23.8 Å². The van der Waals surface area contributed by atoms with E-state index in [1.807, 2.05) is 18.2 Å². The Morgan fingerprint density at radius 1 is 1.22 bits per heavy atom. The normalized spacial score (nSPS) is 28.0. The Balaban J connectivity index is 1.70. The number of nitrogens with two attached hydrogens (primary N) is 1. The molecule has 0 bridgehead atoms. The van der Waals surface area contributed by atoms with Gasteiger partial charge in [-0.2, -0.15) is 0 Å². The topological polar surface area (TPSA) is 75.4 Å². The molecule has 2 fully saturated rings. The molecule has 3 N–H and O–H groups in total. The van der Waals surface area contributed by atoms with Gasteiger partial charge < -0.3 is 16.0 Å². The van der Waals surface area contributed by atoms with Crippen molar-refractivity contribution in [1.29, 1.82) is 0 Å². The van der Waals surface area contributed by atoms with Crippen molar-refractivity contribution in [2.75, 3.05) is 11.4 Å². The lowest BCUT2D eigenvalue weighted by molar-refractivity contribution is -0.130. The molecule has 0 unspecified atom stereocenters. The van der Waals surface area contributed by atoms with Crippen molar-refractivity contribution in [2.24, 2.45) is 11.7 Å². The fourth-order valence-corrected chi connectivity index (χ4v) is 3.75. The molecule has 1 saturated heterocycles. The minimum atomic E-state index is -0.486. The Bertz CT molecular complexity index is 607. The van der Waals surface area contributed by atoms with Crippen molar-refractivity contribution in [2.45, 2.75) is 44.2 Å². The van der Waals surface area contributed by atoms with Crippen LogP contribution in [0, 0.1) is 5.92 Å². The number of hydrogen-bond acceptors (Lipinski definition) is 3. The summed E-state index contributed by atoms with van der Waals surface area (Å²) in [6.45, 7) is 0.623. The molecule has 1 aromatic carbocycles. The van der Waals surface area contributed by atoms with Gasteiger partial charge in [-0.3, -0.25) is 9.59 Å². The molecule has 3 atom stereocenters. The van der Waals surface area contributed by atoms with Crippen molar-refractivity contribution in [3.63, 3.8) is 0 Å². The zero-order chi connectivity index (χ0) is 16.4. The fraction of sp³-hybridized carbons (Fsp3) is 0.529. The summed E-state index contributed by atoms with van der Waals surface area (Å²) in [5.41, 5.74) is 6.69. The third kappa shape index (κ3) is 3.35. The van der Waals surface area contributed by atoms with E-state index in [9.17, 15) is 9.59 Å². The molecule has 0 spiro atoms. The van der Waals surface area contributed by atoms with Crippen LogP contribution >= 0.6 is 11.6 Å². The summed E-state index contributed by atoms with van der Waals surface area (Å²) < 4.78 is 0. The van der Waals surface area contributed by atoms with Crippen molar-refractivity contribution in [1.82, 2.24) is 5.32 Å². The van der Waals surface area contributed by atoms with Gasteiger partial charge in [0, 0.05) is 12.6 Å². The predicted molar refractivity (Wildman–Crippen MR) is 90.3 cm³/mol. The van der Waals surface area contributed by atoms with Gasteiger partial charge in [-0.05, 0) is 37.8 Å². The first kappa shape index (κ1) is 16.3. The largest absolute Gasteiger partial charge is 0.344 e. The number of nitrogens with one attached hydrogen (secondary N) is 1. The third-order valence-corrected chi connectivity index (χ3v) is 5.12. The number of carbonyl (C=O) groups is 2. The second-order valence-electron chi connectivity index (χ2n) is 6.35. The number of amides is 2. The van der Waals surface area contributed by atoms with Crippen molar-refractivity contribution in [3.8, 4) is 0 Å². The molecule has 6 heteroatoms. The van der Waals surface area contributed by atoms with Crippen molar-refractivity contribution >= 4 is 29.1 Å². The van der Waals surface area contributed by atoms with E-state index in [0.29, 0.717) is 23.7 Å². The van der Waals surface area contributed by atoms with E-state index in [4.69, 9.17) is 17.3 Å². The van der Waals surface area contributed by atoms with Crippen LogP contribution in [0.2, 0.25) is 5.02 Å². The number of benzene rings is 1. The Labute approximate surface area is 141 Å². The Morgan fingerprint density at radius 3 is 2.70 bits per heavy atom. The molecule has 1 aromatic rings. The van der Waals surface area contributed by atoms with E-state index in [1.54, 1.807) is 11.0 Å². The molecular formula is C17H22ClN3O2. The molecule has 2 aliphatic rings. The molecule has 3 rings (SSSR count). The summed E-state index contributed by atoms with van der Waals surface area (Å²) in [6.07, 6.45) is 4.15. The Morgan fingerprint density at radius 2 is 2.00 bits per heavy atom. The highest BCUT2D eigenvalue weighted by molar-refractivity contribution is 6.33. The van der Waals surface area contributed by atoms with Gasteiger partial charge in [0.15, 0.2) is 0 Å². The van der Waals surface area contributed by atoms with Crippen LogP contribution in [0.25, 0.3) is 0 Å². The smallest absolute Gasteiger partial charge is 0.249 e. The Kier molecular flexibility index (Phi) is 4.87. The van der Waals surface area contributed by atoms with E-state index in [1.165, 1.54) is 0 Å². The average molecular weight is 336 g/mol. The predicted octanol–water partition coefficient (Wildman–Crippen LogP) is 2.08. The summed E-state index contributed by atoms with van der Waals surface area (Å²) >= 11 is 6.20. The molecule has 1 aliphatic heterocycles. The van der Waals surface area contributed by atoms with Crippen molar-refractivity contribution in [3.05, 3.63) is 29.3 Å². The molecule has 1 aliphatic carbocycles. The van der Waals surface area contributed by atoms with Gasteiger partial charge in [0.25, 0.3) is 0 Å². The lowest BCUT2D eigenvalue weighted by atomic mass is 10.00. The maximum atomic E-state index is 12.7. The lowest BCUT2D eigenvalue weighted by Gasteiger charge is -2.33. The van der Waals surface area contributed by atoms with E-state index >= 15 is 0 Å². The van der Waals surface area contributed by atoms with Crippen LogP contribution in [0.1, 0.15) is 32.1 Å². The SMILES string of the molecule is N[C@@H]1CCC[C@@H]1C(=O)N[C@H]1CCCN(c2ccccc2Cl)C1=O. The van der Waals surface area contributed by atoms with Crippen LogP contribution in [0.4, 0.5) is 5.69 Å². The highest BCUT2D eigenvalue weighted by Gasteiger charge is 2.36. The Hall–Kier alpha value is -1.59. The second kappa shape index (κ2) is 6.89. The van der Waals surface area contributed by atoms with E-state index in [0.717, 1.165) is 25.7 Å². The second-order valence-corrected chi connectivity index (χ2v) is 6.75. The monoisotopic (exact) mass is 335 g/mol. The molecule has 0 radical (unpaired) electrons. The molecule has 2 amide bonds. The summed E-state index contributed by atoms with van der Waals surface area (Å²) in [7, 11) is 0. The summed E-state index contributed by atoms with van der Waals surface area (Å²) in [6, 6.07) is 6.71. The fourth-order valence-electron chi connectivity index (χ4n) is 3.51. The quantitative estimate of drug-likeness (QED) is 0.888. The zero-order valence-electron chi connectivity index (χ0n) is 13.0. The highest BCUT2D eigenvalue weighted by Crippen LogP contribution is 2.29. The molecule has 23 heavy (non-hydrogen) atoms. The van der Waals surface area contributed by atoms with Crippen LogP contribution in [0.5, 0.6) is 0 Å². The molecular weight excluding hydrogens is 314 g/mol. The van der Waals surface area contributed by atoms with Gasteiger partial charge >= 0.3 is 0 Å².